The lowest BCUT2D eigenvalue weighted by Crippen LogP contribution is -2.32. The van der Waals surface area contributed by atoms with Gasteiger partial charge in [0.2, 0.25) is 5.91 Å². The molecule has 0 bridgehead atoms. The zero-order valence-corrected chi connectivity index (χ0v) is 8.02. The van der Waals surface area contributed by atoms with E-state index in [-0.39, 0.29) is 11.8 Å². The number of rotatable bonds is 5. The molecule has 0 aliphatic carbocycles. The Morgan fingerprint density at radius 2 is 2.09 bits per heavy atom. The summed E-state index contributed by atoms with van der Waals surface area (Å²) in [5.74, 6) is 0.153. The summed E-state index contributed by atoms with van der Waals surface area (Å²) in [5, 5.41) is 0. The maximum Gasteiger partial charge on any atom is 0.237 e. The summed E-state index contributed by atoms with van der Waals surface area (Å²) >= 11 is 5.41. The number of carbonyl (C=O) groups is 1. The molecular formula is C8H16ClNO. The summed E-state index contributed by atoms with van der Waals surface area (Å²) in [6.45, 7) is 5.70. The SMILES string of the molecule is CCCCN(CC)C(=O)CCl. The predicted molar refractivity (Wildman–Crippen MR) is 47.9 cm³/mol. The first-order valence-corrected chi connectivity index (χ1v) is 4.63. The van der Waals surface area contributed by atoms with Crippen LogP contribution in [0, 0.1) is 0 Å². The summed E-state index contributed by atoms with van der Waals surface area (Å²) in [6, 6.07) is 0. The minimum Gasteiger partial charge on any atom is -0.342 e. The van der Waals surface area contributed by atoms with E-state index in [9.17, 15) is 4.79 Å². The van der Waals surface area contributed by atoms with Crippen LogP contribution in [-0.2, 0) is 4.79 Å². The molecule has 0 aromatic carbocycles. The molecule has 0 aliphatic rings. The van der Waals surface area contributed by atoms with Crippen LogP contribution < -0.4 is 0 Å². The van der Waals surface area contributed by atoms with E-state index in [1.807, 2.05) is 6.92 Å². The number of halogens is 1. The molecule has 11 heavy (non-hydrogen) atoms. The number of hydrogen-bond donors (Lipinski definition) is 0. The van der Waals surface area contributed by atoms with Gasteiger partial charge in [0, 0.05) is 13.1 Å². The fourth-order valence-corrected chi connectivity index (χ4v) is 1.06. The maximum atomic E-state index is 11.0. The highest BCUT2D eigenvalue weighted by molar-refractivity contribution is 6.27. The molecule has 0 atom stereocenters. The lowest BCUT2D eigenvalue weighted by Gasteiger charge is -2.18. The Morgan fingerprint density at radius 3 is 2.45 bits per heavy atom. The third-order valence-electron chi connectivity index (χ3n) is 1.63. The molecule has 0 fully saturated rings. The van der Waals surface area contributed by atoms with Gasteiger partial charge in [-0.2, -0.15) is 0 Å². The van der Waals surface area contributed by atoms with Crippen molar-refractivity contribution in [3.8, 4) is 0 Å². The summed E-state index contributed by atoms with van der Waals surface area (Å²) in [6.07, 6.45) is 2.18. The summed E-state index contributed by atoms with van der Waals surface area (Å²) in [7, 11) is 0. The van der Waals surface area contributed by atoms with Crippen LogP contribution in [0.25, 0.3) is 0 Å². The van der Waals surface area contributed by atoms with Gasteiger partial charge < -0.3 is 4.90 Å². The first-order chi connectivity index (χ1) is 5.26. The standard InChI is InChI=1S/C8H16ClNO/c1-3-5-6-10(4-2)8(11)7-9/h3-7H2,1-2H3. The molecule has 0 unspecified atom stereocenters. The minimum atomic E-state index is 0.0441. The maximum absolute atomic E-state index is 11.0. The molecule has 0 saturated heterocycles. The van der Waals surface area contributed by atoms with Crippen LogP contribution in [0.2, 0.25) is 0 Å². The van der Waals surface area contributed by atoms with Crippen molar-refractivity contribution in [2.24, 2.45) is 0 Å². The average Bonchev–Trinajstić information content (AvgIpc) is 2.05. The summed E-state index contributed by atoms with van der Waals surface area (Å²) in [4.78, 5) is 12.8. The third-order valence-corrected chi connectivity index (χ3v) is 1.86. The van der Waals surface area contributed by atoms with Crippen LogP contribution in [0.5, 0.6) is 0 Å². The molecular weight excluding hydrogens is 162 g/mol. The number of amides is 1. The number of alkyl halides is 1. The third kappa shape index (κ3) is 4.25. The number of nitrogens with zero attached hydrogens (tertiary/aromatic N) is 1. The van der Waals surface area contributed by atoms with E-state index in [0.717, 1.165) is 25.9 Å². The van der Waals surface area contributed by atoms with Gasteiger partial charge in [0.1, 0.15) is 5.88 Å². The molecule has 3 heteroatoms. The molecule has 0 radical (unpaired) electrons. The van der Waals surface area contributed by atoms with E-state index in [1.54, 1.807) is 4.90 Å². The summed E-state index contributed by atoms with van der Waals surface area (Å²) < 4.78 is 0. The van der Waals surface area contributed by atoms with Crippen molar-refractivity contribution in [1.82, 2.24) is 4.90 Å². The second-order valence-corrected chi connectivity index (χ2v) is 2.73. The highest BCUT2D eigenvalue weighted by atomic mass is 35.5. The molecule has 0 rings (SSSR count). The molecule has 0 spiro atoms. The Balaban J connectivity index is 3.65. The van der Waals surface area contributed by atoms with E-state index < -0.39 is 0 Å². The van der Waals surface area contributed by atoms with Crippen LogP contribution in [0.3, 0.4) is 0 Å². The molecule has 0 N–H and O–H groups in total. The summed E-state index contributed by atoms with van der Waals surface area (Å²) in [5.41, 5.74) is 0. The van der Waals surface area contributed by atoms with Gasteiger partial charge >= 0.3 is 0 Å². The van der Waals surface area contributed by atoms with E-state index in [0.29, 0.717) is 0 Å². The van der Waals surface area contributed by atoms with Gasteiger partial charge in [-0.15, -0.1) is 11.6 Å². The van der Waals surface area contributed by atoms with Crippen molar-refractivity contribution in [2.45, 2.75) is 26.7 Å². The Labute approximate surface area is 73.5 Å². The molecule has 2 nitrogen and oxygen atoms in total. The lowest BCUT2D eigenvalue weighted by atomic mass is 10.3. The topological polar surface area (TPSA) is 20.3 Å². The predicted octanol–water partition coefficient (Wildman–Crippen LogP) is 1.87. The minimum absolute atomic E-state index is 0.0441. The number of unbranched alkanes of at least 4 members (excludes halogenated alkanes) is 1. The monoisotopic (exact) mass is 177 g/mol. The normalized spacial score (nSPS) is 9.73. The highest BCUT2D eigenvalue weighted by Crippen LogP contribution is 1.96. The van der Waals surface area contributed by atoms with E-state index >= 15 is 0 Å². The number of carbonyl (C=O) groups excluding carboxylic acids is 1. The highest BCUT2D eigenvalue weighted by Gasteiger charge is 2.07. The molecule has 0 heterocycles. The quantitative estimate of drug-likeness (QED) is 0.588. The zero-order chi connectivity index (χ0) is 8.69. The Morgan fingerprint density at radius 1 is 1.45 bits per heavy atom. The van der Waals surface area contributed by atoms with Crippen LogP contribution >= 0.6 is 11.6 Å². The van der Waals surface area contributed by atoms with Crippen LogP contribution in [-0.4, -0.2) is 29.8 Å². The Bertz CT molecular complexity index is 117. The molecule has 66 valence electrons. The van der Waals surface area contributed by atoms with Crippen molar-refractivity contribution in [3.63, 3.8) is 0 Å². The van der Waals surface area contributed by atoms with Gasteiger partial charge in [-0.1, -0.05) is 13.3 Å². The van der Waals surface area contributed by atoms with Gasteiger partial charge in [-0.3, -0.25) is 4.79 Å². The largest absolute Gasteiger partial charge is 0.342 e. The fourth-order valence-electron chi connectivity index (χ4n) is 0.893. The molecule has 0 saturated carbocycles. The molecule has 0 aromatic heterocycles. The number of hydrogen-bond acceptors (Lipinski definition) is 1. The van der Waals surface area contributed by atoms with Crippen molar-refractivity contribution in [2.75, 3.05) is 19.0 Å². The van der Waals surface area contributed by atoms with E-state index in [4.69, 9.17) is 11.6 Å². The average molecular weight is 178 g/mol. The van der Waals surface area contributed by atoms with Crippen LogP contribution in [0.15, 0.2) is 0 Å². The molecule has 0 aromatic rings. The lowest BCUT2D eigenvalue weighted by molar-refractivity contribution is -0.128. The van der Waals surface area contributed by atoms with Crippen LogP contribution in [0.1, 0.15) is 26.7 Å². The van der Waals surface area contributed by atoms with Gasteiger partial charge in [0.15, 0.2) is 0 Å². The first-order valence-electron chi connectivity index (χ1n) is 4.10. The van der Waals surface area contributed by atoms with E-state index in [2.05, 4.69) is 6.92 Å². The van der Waals surface area contributed by atoms with Crippen molar-refractivity contribution >= 4 is 17.5 Å². The van der Waals surface area contributed by atoms with Gasteiger partial charge in [-0.25, -0.2) is 0 Å². The molecule has 0 aliphatic heterocycles. The molecule has 1 amide bonds. The van der Waals surface area contributed by atoms with Gasteiger partial charge in [-0.05, 0) is 13.3 Å². The Kier molecular flexibility index (Phi) is 6.33. The fraction of sp³-hybridized carbons (Fsp3) is 0.875. The zero-order valence-electron chi connectivity index (χ0n) is 7.27. The second-order valence-electron chi connectivity index (χ2n) is 2.46. The second kappa shape index (κ2) is 6.47. The van der Waals surface area contributed by atoms with Crippen molar-refractivity contribution in [3.05, 3.63) is 0 Å². The first kappa shape index (κ1) is 10.8. The van der Waals surface area contributed by atoms with Gasteiger partial charge in [0.25, 0.3) is 0 Å². The van der Waals surface area contributed by atoms with Gasteiger partial charge in [0.05, 0.1) is 0 Å². The van der Waals surface area contributed by atoms with Crippen molar-refractivity contribution in [1.29, 1.82) is 0 Å². The van der Waals surface area contributed by atoms with Crippen molar-refractivity contribution < 1.29 is 4.79 Å². The Hall–Kier alpha value is -0.240. The van der Waals surface area contributed by atoms with Crippen LogP contribution in [0.4, 0.5) is 0 Å². The van der Waals surface area contributed by atoms with E-state index in [1.165, 1.54) is 0 Å². The smallest absolute Gasteiger partial charge is 0.237 e.